The minimum atomic E-state index is -0.560. The molecule has 0 aliphatic carbocycles. The van der Waals surface area contributed by atoms with Crippen molar-refractivity contribution >= 4 is 5.82 Å². The van der Waals surface area contributed by atoms with Gasteiger partial charge >= 0.3 is 0 Å². The van der Waals surface area contributed by atoms with Crippen molar-refractivity contribution in [1.29, 1.82) is 0 Å². The molecule has 0 radical (unpaired) electrons. The number of hydrogen-bond donors (Lipinski definition) is 1. The van der Waals surface area contributed by atoms with Gasteiger partial charge in [0.1, 0.15) is 0 Å². The van der Waals surface area contributed by atoms with Gasteiger partial charge in [-0.3, -0.25) is 4.68 Å². The number of aryl methyl sites for hydroxylation is 2. The van der Waals surface area contributed by atoms with Crippen LogP contribution in [0.4, 0.5) is 10.2 Å². The second-order valence-electron chi connectivity index (χ2n) is 3.82. The highest BCUT2D eigenvalue weighted by molar-refractivity contribution is 5.55. The van der Waals surface area contributed by atoms with Crippen LogP contribution in [-0.4, -0.2) is 19.7 Å². The highest BCUT2D eigenvalue weighted by Gasteiger charge is 2.11. The van der Waals surface area contributed by atoms with E-state index in [0.717, 1.165) is 18.5 Å². The smallest absolute Gasteiger partial charge is 0.186 e. The Morgan fingerprint density at radius 2 is 2.18 bits per heavy atom. The van der Waals surface area contributed by atoms with Crippen LogP contribution in [0.15, 0.2) is 12.4 Å². The molecule has 2 N–H and O–H groups in total. The van der Waals surface area contributed by atoms with E-state index in [1.54, 1.807) is 17.8 Å². The number of halogens is 1. The molecule has 2 aromatic rings. The Morgan fingerprint density at radius 3 is 2.82 bits per heavy atom. The van der Waals surface area contributed by atoms with Crippen LogP contribution >= 0.6 is 0 Å². The van der Waals surface area contributed by atoms with E-state index in [1.807, 2.05) is 6.20 Å². The molecule has 0 unspecified atom stereocenters. The van der Waals surface area contributed by atoms with Crippen molar-refractivity contribution < 1.29 is 4.39 Å². The SMILES string of the molecule is CCCn1cc(-c2nc(C)c(F)c(N)n2)cn1. The fourth-order valence-electron chi connectivity index (χ4n) is 1.54. The third kappa shape index (κ3) is 2.25. The molecule has 17 heavy (non-hydrogen) atoms. The quantitative estimate of drug-likeness (QED) is 0.880. The van der Waals surface area contributed by atoms with Crippen LogP contribution in [0.1, 0.15) is 19.0 Å². The lowest BCUT2D eigenvalue weighted by molar-refractivity contribution is 0.602. The van der Waals surface area contributed by atoms with Gasteiger partial charge in [-0.2, -0.15) is 5.10 Å². The summed E-state index contributed by atoms with van der Waals surface area (Å²) in [6.07, 6.45) is 4.48. The van der Waals surface area contributed by atoms with E-state index >= 15 is 0 Å². The number of rotatable bonds is 3. The summed E-state index contributed by atoms with van der Waals surface area (Å²) >= 11 is 0. The molecule has 0 saturated heterocycles. The van der Waals surface area contributed by atoms with Crippen LogP contribution in [0.25, 0.3) is 11.4 Å². The number of nitrogen functional groups attached to an aromatic ring is 1. The molecule has 0 aromatic carbocycles. The van der Waals surface area contributed by atoms with Gasteiger partial charge in [0.25, 0.3) is 0 Å². The second-order valence-corrected chi connectivity index (χ2v) is 3.82. The molecule has 5 nitrogen and oxygen atoms in total. The average molecular weight is 235 g/mol. The van der Waals surface area contributed by atoms with E-state index in [9.17, 15) is 4.39 Å². The van der Waals surface area contributed by atoms with E-state index < -0.39 is 5.82 Å². The van der Waals surface area contributed by atoms with E-state index in [4.69, 9.17) is 5.73 Å². The van der Waals surface area contributed by atoms with Crippen LogP contribution in [0, 0.1) is 12.7 Å². The number of nitrogens with two attached hydrogens (primary N) is 1. The second kappa shape index (κ2) is 4.48. The van der Waals surface area contributed by atoms with E-state index in [2.05, 4.69) is 22.0 Å². The van der Waals surface area contributed by atoms with Crippen molar-refractivity contribution in [3.05, 3.63) is 23.9 Å². The first-order valence-electron chi connectivity index (χ1n) is 5.44. The summed E-state index contributed by atoms with van der Waals surface area (Å²) in [4.78, 5) is 7.97. The van der Waals surface area contributed by atoms with Crippen molar-refractivity contribution in [3.8, 4) is 11.4 Å². The molecule has 0 fully saturated rings. The lowest BCUT2D eigenvalue weighted by Gasteiger charge is -2.02. The maximum Gasteiger partial charge on any atom is 0.186 e. The largest absolute Gasteiger partial charge is 0.381 e. The summed E-state index contributed by atoms with van der Waals surface area (Å²) in [5.41, 5.74) is 6.46. The van der Waals surface area contributed by atoms with Gasteiger partial charge < -0.3 is 5.73 Å². The predicted octanol–water partition coefficient (Wildman–Crippen LogP) is 1.78. The molecule has 0 atom stereocenters. The van der Waals surface area contributed by atoms with Crippen molar-refractivity contribution in [2.45, 2.75) is 26.8 Å². The third-order valence-electron chi connectivity index (χ3n) is 2.39. The summed E-state index contributed by atoms with van der Waals surface area (Å²) in [5.74, 6) is -0.283. The summed E-state index contributed by atoms with van der Waals surface area (Å²) in [5, 5.41) is 4.17. The van der Waals surface area contributed by atoms with E-state index in [0.29, 0.717) is 5.82 Å². The Bertz CT molecular complexity index is 511. The molecule has 0 saturated carbocycles. The standard InChI is InChI=1S/C11H14FN5/c1-3-4-17-6-8(5-14-17)11-15-7(2)9(12)10(13)16-11/h5-6H,3-4H2,1-2H3,(H2,13,15,16). The van der Waals surface area contributed by atoms with Crippen LogP contribution in [0.5, 0.6) is 0 Å². The molecule has 0 aliphatic rings. The van der Waals surface area contributed by atoms with Crippen LogP contribution in [-0.2, 0) is 6.54 Å². The fourth-order valence-corrected chi connectivity index (χ4v) is 1.54. The summed E-state index contributed by atoms with van der Waals surface area (Å²) < 4.78 is 15.1. The van der Waals surface area contributed by atoms with Gasteiger partial charge in [0.15, 0.2) is 17.5 Å². The van der Waals surface area contributed by atoms with Gasteiger partial charge in [0.05, 0.1) is 17.5 Å². The number of nitrogens with zero attached hydrogens (tertiary/aromatic N) is 4. The minimum Gasteiger partial charge on any atom is -0.381 e. The highest BCUT2D eigenvalue weighted by atomic mass is 19.1. The van der Waals surface area contributed by atoms with Crippen molar-refractivity contribution in [1.82, 2.24) is 19.7 Å². The van der Waals surface area contributed by atoms with Crippen molar-refractivity contribution in [3.63, 3.8) is 0 Å². The summed E-state index contributed by atoms with van der Waals surface area (Å²) in [7, 11) is 0. The zero-order valence-electron chi connectivity index (χ0n) is 9.81. The Kier molecular flexibility index (Phi) is 3.03. The van der Waals surface area contributed by atoms with E-state index in [1.165, 1.54) is 0 Å². The zero-order chi connectivity index (χ0) is 12.4. The average Bonchev–Trinajstić information content (AvgIpc) is 2.74. The van der Waals surface area contributed by atoms with E-state index in [-0.39, 0.29) is 11.5 Å². The zero-order valence-corrected chi connectivity index (χ0v) is 9.81. The maximum atomic E-state index is 13.3. The molecule has 6 heteroatoms. The van der Waals surface area contributed by atoms with Gasteiger partial charge in [-0.1, -0.05) is 6.92 Å². The topological polar surface area (TPSA) is 69.6 Å². The Hall–Kier alpha value is -1.98. The first kappa shape index (κ1) is 11.5. The molecule has 0 bridgehead atoms. The number of aromatic nitrogens is 4. The van der Waals surface area contributed by atoms with Crippen LogP contribution in [0.3, 0.4) is 0 Å². The first-order chi connectivity index (χ1) is 8.11. The third-order valence-corrected chi connectivity index (χ3v) is 2.39. The lowest BCUT2D eigenvalue weighted by atomic mass is 10.3. The molecule has 90 valence electrons. The van der Waals surface area contributed by atoms with Gasteiger partial charge in [0.2, 0.25) is 0 Å². The number of hydrogen-bond acceptors (Lipinski definition) is 4. The monoisotopic (exact) mass is 235 g/mol. The fraction of sp³-hybridized carbons (Fsp3) is 0.364. The number of anilines is 1. The highest BCUT2D eigenvalue weighted by Crippen LogP contribution is 2.18. The lowest BCUT2D eigenvalue weighted by Crippen LogP contribution is -2.02. The van der Waals surface area contributed by atoms with Gasteiger partial charge in [0, 0.05) is 12.7 Å². The summed E-state index contributed by atoms with van der Waals surface area (Å²) in [6.45, 7) is 4.46. The van der Waals surface area contributed by atoms with Crippen molar-refractivity contribution in [2.24, 2.45) is 0 Å². The Balaban J connectivity index is 2.39. The summed E-state index contributed by atoms with van der Waals surface area (Å²) in [6, 6.07) is 0. The first-order valence-corrected chi connectivity index (χ1v) is 5.44. The van der Waals surface area contributed by atoms with Crippen LogP contribution < -0.4 is 5.73 Å². The molecule has 2 rings (SSSR count). The van der Waals surface area contributed by atoms with Crippen molar-refractivity contribution in [2.75, 3.05) is 5.73 Å². The molecular weight excluding hydrogens is 221 g/mol. The predicted molar refractivity (Wildman–Crippen MR) is 62.7 cm³/mol. The Morgan fingerprint density at radius 1 is 1.41 bits per heavy atom. The molecule has 0 amide bonds. The van der Waals surface area contributed by atoms with Gasteiger partial charge in [-0.05, 0) is 13.3 Å². The van der Waals surface area contributed by atoms with Gasteiger partial charge in [-0.15, -0.1) is 0 Å². The maximum absolute atomic E-state index is 13.3. The molecule has 2 heterocycles. The minimum absolute atomic E-state index is 0.129. The molecule has 2 aromatic heterocycles. The molecule has 0 spiro atoms. The molecular formula is C11H14FN5. The van der Waals surface area contributed by atoms with Gasteiger partial charge in [-0.25, -0.2) is 14.4 Å². The molecule has 0 aliphatic heterocycles. The normalized spacial score (nSPS) is 10.8. The van der Waals surface area contributed by atoms with Crippen LogP contribution in [0.2, 0.25) is 0 Å². The Labute approximate surface area is 98.5 Å².